The molecule has 0 aromatic rings. The summed E-state index contributed by atoms with van der Waals surface area (Å²) in [7, 11) is 3.74. The first-order valence-electron chi connectivity index (χ1n) is 14.3. The molecule has 0 aromatic heterocycles. The largest absolute Gasteiger partial charge is 0.459 e. The number of ether oxygens (including phenoxy) is 3. The highest BCUT2D eigenvalue weighted by Crippen LogP contribution is 2.34. The van der Waals surface area contributed by atoms with Crippen molar-refractivity contribution in [3.05, 3.63) is 0 Å². The Morgan fingerprint density at radius 2 is 1.56 bits per heavy atom. The lowest BCUT2D eigenvalue weighted by Crippen LogP contribution is -2.57. The molecule has 2 rings (SSSR count). The lowest BCUT2D eigenvalue weighted by atomic mass is 9.76. The van der Waals surface area contributed by atoms with Crippen molar-refractivity contribution in [2.75, 3.05) is 14.1 Å². The van der Waals surface area contributed by atoms with Gasteiger partial charge in [0, 0.05) is 23.8 Å². The zero-order valence-corrected chi connectivity index (χ0v) is 25.3. The minimum atomic E-state index is -1.90. The quantitative estimate of drug-likeness (QED) is 0.347. The highest BCUT2D eigenvalue weighted by Gasteiger charge is 2.48. The molecule has 0 aliphatic carbocycles. The van der Waals surface area contributed by atoms with Crippen LogP contribution in [0.5, 0.6) is 0 Å². The highest BCUT2D eigenvalue weighted by atomic mass is 16.7. The van der Waals surface area contributed by atoms with Crippen LogP contribution in [0.15, 0.2) is 0 Å². The van der Waals surface area contributed by atoms with E-state index in [2.05, 4.69) is 0 Å². The summed E-state index contributed by atoms with van der Waals surface area (Å²) in [4.78, 5) is 41.9. The van der Waals surface area contributed by atoms with Crippen LogP contribution >= 0.6 is 0 Å². The van der Waals surface area contributed by atoms with Crippen molar-refractivity contribution in [3.8, 4) is 0 Å². The third-order valence-corrected chi connectivity index (χ3v) is 8.86. The second-order valence-corrected chi connectivity index (χ2v) is 12.4. The topological polar surface area (TPSA) is 143 Å². The van der Waals surface area contributed by atoms with Gasteiger partial charge in [-0.3, -0.25) is 14.4 Å². The summed E-state index contributed by atoms with van der Waals surface area (Å²) in [5, 5.41) is 33.2. The Bertz CT molecular complexity index is 862. The summed E-state index contributed by atoms with van der Waals surface area (Å²) in [5.41, 5.74) is -1.90. The fraction of sp³-hybridized carbons (Fsp3) is 0.897. The molecule has 2 fully saturated rings. The Hall–Kier alpha value is -1.43. The number of esters is 1. The average Bonchev–Trinajstić information content (AvgIpc) is 2.87. The van der Waals surface area contributed by atoms with Crippen molar-refractivity contribution in [2.45, 2.75) is 123 Å². The molecule has 39 heavy (non-hydrogen) atoms. The third kappa shape index (κ3) is 7.45. The number of Topliss-reactive ketones (excluding diaryl/α,β-unsaturated/α-hetero) is 2. The Balaban J connectivity index is 2.48. The van der Waals surface area contributed by atoms with Gasteiger partial charge in [-0.15, -0.1) is 0 Å². The molecular formula is C29H51NO9. The summed E-state index contributed by atoms with van der Waals surface area (Å²) in [6, 6.07) is -0.214. The van der Waals surface area contributed by atoms with Gasteiger partial charge in [-0.1, -0.05) is 34.6 Å². The van der Waals surface area contributed by atoms with E-state index in [1.807, 2.05) is 32.8 Å². The van der Waals surface area contributed by atoms with Crippen molar-refractivity contribution in [2.24, 2.45) is 29.6 Å². The summed E-state index contributed by atoms with van der Waals surface area (Å²) in [6.07, 6.45) is -4.44. The number of aliphatic hydroxyl groups excluding tert-OH is 2. The molecule has 226 valence electrons. The maximum absolute atomic E-state index is 13.6. The number of nitrogens with zero attached hydrogens (tertiary/aromatic N) is 1. The third-order valence-electron chi connectivity index (χ3n) is 8.86. The molecule has 10 nitrogen and oxygen atoms in total. The lowest BCUT2D eigenvalue weighted by Gasteiger charge is -2.44. The summed E-state index contributed by atoms with van der Waals surface area (Å²) in [6.45, 7) is 13.2. The number of carbonyl (C=O) groups excluding carboxylic acids is 3. The van der Waals surface area contributed by atoms with Crippen LogP contribution in [0, 0.1) is 29.6 Å². The van der Waals surface area contributed by atoms with Gasteiger partial charge >= 0.3 is 5.97 Å². The van der Waals surface area contributed by atoms with Crippen LogP contribution in [-0.2, 0) is 28.6 Å². The molecule has 0 saturated carbocycles. The summed E-state index contributed by atoms with van der Waals surface area (Å²) in [5.74, 6) is -5.26. The van der Waals surface area contributed by atoms with E-state index in [-0.39, 0.29) is 30.3 Å². The molecule has 3 N–H and O–H groups in total. The zero-order valence-electron chi connectivity index (χ0n) is 25.3. The Morgan fingerprint density at radius 1 is 0.974 bits per heavy atom. The normalized spacial score (nSPS) is 45.6. The molecule has 10 heteroatoms. The number of hydrogen-bond donors (Lipinski definition) is 3. The van der Waals surface area contributed by atoms with Crippen LogP contribution < -0.4 is 0 Å². The standard InChI is InChI=1S/C29H51NO9/c1-11-21-29(8,36)26(34)18(6)22(31)14(2)12-15(3)25(17(5)23(32)19(7)27(35)38-21)39-28-24(33)20(30(9)10)13-16(4)37-28/h14-21,24-26,28,33-34,36H,11-13H2,1-10H3/t14-,15+,16-,17+,18+,19-,20+,21-,24-,25+,26-,28+,29-/m1/s1. The van der Waals surface area contributed by atoms with Gasteiger partial charge in [0.2, 0.25) is 0 Å². The van der Waals surface area contributed by atoms with Gasteiger partial charge in [-0.25, -0.2) is 0 Å². The Morgan fingerprint density at radius 3 is 2.10 bits per heavy atom. The number of rotatable bonds is 4. The van der Waals surface area contributed by atoms with Gasteiger partial charge < -0.3 is 34.4 Å². The second kappa shape index (κ2) is 13.5. The maximum Gasteiger partial charge on any atom is 0.316 e. The molecule has 0 radical (unpaired) electrons. The number of likely N-dealkylation sites (N-methyl/N-ethyl adjacent to an activating group) is 1. The van der Waals surface area contributed by atoms with Gasteiger partial charge in [-0.2, -0.15) is 0 Å². The molecule has 0 spiro atoms. The van der Waals surface area contributed by atoms with E-state index in [4.69, 9.17) is 14.2 Å². The average molecular weight is 558 g/mol. The van der Waals surface area contributed by atoms with Crippen LogP contribution in [0.25, 0.3) is 0 Å². The van der Waals surface area contributed by atoms with Crippen molar-refractivity contribution in [3.63, 3.8) is 0 Å². The maximum atomic E-state index is 13.6. The van der Waals surface area contributed by atoms with Crippen LogP contribution in [0.1, 0.15) is 74.7 Å². The molecule has 0 aromatic carbocycles. The number of ketones is 2. The lowest BCUT2D eigenvalue weighted by molar-refractivity contribution is -0.278. The predicted octanol–water partition coefficient (Wildman–Crippen LogP) is 1.95. The smallest absolute Gasteiger partial charge is 0.316 e. The van der Waals surface area contributed by atoms with Crippen molar-refractivity contribution in [1.82, 2.24) is 4.90 Å². The van der Waals surface area contributed by atoms with Crippen molar-refractivity contribution >= 4 is 17.5 Å². The molecular weight excluding hydrogens is 506 g/mol. The van der Waals surface area contributed by atoms with E-state index >= 15 is 0 Å². The summed E-state index contributed by atoms with van der Waals surface area (Å²) >= 11 is 0. The first-order chi connectivity index (χ1) is 17.9. The predicted molar refractivity (Wildman–Crippen MR) is 145 cm³/mol. The number of hydrogen-bond acceptors (Lipinski definition) is 10. The van der Waals surface area contributed by atoms with E-state index in [0.29, 0.717) is 12.8 Å². The molecule has 2 aliphatic heterocycles. The SMILES string of the molecule is CC[C@H]1OC(=O)[C@H](C)C(=O)[C@H](C)[C@@H](O[C@@H]2O[C@H](C)C[C@H](N(C)C)[C@H]2O)[C@@H](C)C[C@@H](C)C(=O)[C@H](C)[C@@H](O)[C@]1(C)O. The van der Waals surface area contributed by atoms with Gasteiger partial charge in [0.1, 0.15) is 29.5 Å². The van der Waals surface area contributed by atoms with Gasteiger partial charge in [0.15, 0.2) is 12.1 Å². The van der Waals surface area contributed by atoms with Crippen molar-refractivity contribution < 1.29 is 43.9 Å². The number of aliphatic hydroxyl groups is 3. The molecule has 2 heterocycles. The Labute approximate surface area is 233 Å². The molecule has 2 aliphatic rings. The summed E-state index contributed by atoms with van der Waals surface area (Å²) < 4.78 is 17.9. The van der Waals surface area contributed by atoms with Crippen molar-refractivity contribution in [1.29, 1.82) is 0 Å². The van der Waals surface area contributed by atoms with Gasteiger partial charge in [-0.05, 0) is 60.0 Å². The van der Waals surface area contributed by atoms with Crippen LogP contribution in [0.4, 0.5) is 0 Å². The Kier molecular flexibility index (Phi) is 11.7. The van der Waals surface area contributed by atoms with Crippen LogP contribution in [0.2, 0.25) is 0 Å². The van der Waals surface area contributed by atoms with E-state index < -0.39 is 71.7 Å². The molecule has 13 atom stereocenters. The monoisotopic (exact) mass is 557 g/mol. The van der Waals surface area contributed by atoms with E-state index in [0.717, 1.165) is 0 Å². The van der Waals surface area contributed by atoms with E-state index in [1.165, 1.54) is 13.8 Å². The second-order valence-electron chi connectivity index (χ2n) is 12.4. The first kappa shape index (κ1) is 33.8. The number of cyclic esters (lactones) is 1. The minimum Gasteiger partial charge on any atom is -0.459 e. The molecule has 0 unspecified atom stereocenters. The molecule has 0 amide bonds. The van der Waals surface area contributed by atoms with Crippen LogP contribution in [0.3, 0.4) is 0 Å². The van der Waals surface area contributed by atoms with E-state index in [9.17, 15) is 29.7 Å². The molecule has 2 saturated heterocycles. The van der Waals surface area contributed by atoms with E-state index in [1.54, 1.807) is 27.7 Å². The minimum absolute atomic E-state index is 0.174. The molecule has 0 bridgehead atoms. The van der Waals surface area contributed by atoms with Gasteiger partial charge in [0.05, 0.1) is 18.3 Å². The number of carbonyl (C=O) groups is 3. The van der Waals surface area contributed by atoms with Gasteiger partial charge in [0.25, 0.3) is 0 Å². The fourth-order valence-corrected chi connectivity index (χ4v) is 6.19. The zero-order chi connectivity index (χ0) is 30.0. The highest BCUT2D eigenvalue weighted by molar-refractivity contribution is 6.00. The van der Waals surface area contributed by atoms with Crippen LogP contribution in [-0.4, -0.2) is 100 Å². The fourth-order valence-electron chi connectivity index (χ4n) is 6.19. The first-order valence-corrected chi connectivity index (χ1v) is 14.3.